The maximum Gasteiger partial charge on any atom is 0.238 e. The number of rotatable bonds is 2. The largest absolute Gasteiger partial charge is 0.487 e. The molecule has 32 heavy (non-hydrogen) atoms. The normalized spacial score (nSPS) is 15.9. The Balaban J connectivity index is 1.58. The molecule has 2 aromatic carbocycles. The van der Waals surface area contributed by atoms with E-state index in [0.29, 0.717) is 60.9 Å². The van der Waals surface area contributed by atoms with E-state index in [1.165, 1.54) is 0 Å². The van der Waals surface area contributed by atoms with Gasteiger partial charge in [-0.15, -0.1) is 0 Å². The number of benzene rings is 2. The number of anilines is 1. The van der Waals surface area contributed by atoms with Crippen molar-refractivity contribution in [2.24, 2.45) is 7.05 Å². The highest BCUT2D eigenvalue weighted by Gasteiger charge is 2.17. The highest BCUT2D eigenvalue weighted by molar-refractivity contribution is 6.31. The molecular weight excluding hydrogens is 432 g/mol. The number of para-hydroxylation sites is 2. The first-order valence-electron chi connectivity index (χ1n) is 10.3. The molecule has 4 rings (SSSR count). The van der Waals surface area contributed by atoms with E-state index in [0.717, 1.165) is 5.82 Å². The second-order valence-corrected chi connectivity index (χ2v) is 7.80. The van der Waals surface area contributed by atoms with Crippen molar-refractivity contribution in [3.63, 3.8) is 0 Å². The first kappa shape index (κ1) is 22.1. The number of fused-ring (bicyclic) bond motifs is 2. The smallest absolute Gasteiger partial charge is 0.238 e. The van der Waals surface area contributed by atoms with Gasteiger partial charge in [-0.3, -0.25) is 9.69 Å². The number of nitrogens with zero attached hydrogens (tertiary/aromatic N) is 3. The van der Waals surface area contributed by atoms with Crippen LogP contribution in [0.2, 0.25) is 5.02 Å². The monoisotopic (exact) mass is 456 g/mol. The zero-order chi connectivity index (χ0) is 22.3. The number of halogens is 1. The van der Waals surface area contributed by atoms with Gasteiger partial charge in [-0.2, -0.15) is 0 Å². The standard InChI is InChI=1S/C23H25ClN4O4/c1-27-9-8-25-22(27)15-28-10-11-30-12-13-31-20-4-2-3-5-21(20)32-19-7-6-17(24)14-18(19)26-23(29)16-28/h2-9,14H,10-13,15-16H2,1H3,(H,26,29). The Kier molecular flexibility index (Phi) is 7.26. The minimum Gasteiger partial charge on any atom is -0.487 e. The van der Waals surface area contributed by atoms with Gasteiger partial charge in [0.15, 0.2) is 17.2 Å². The highest BCUT2D eigenvalue weighted by Crippen LogP contribution is 2.36. The number of hydrogen-bond donors (Lipinski definition) is 1. The second kappa shape index (κ2) is 10.5. The van der Waals surface area contributed by atoms with E-state index < -0.39 is 0 Å². The number of imidazole rings is 1. The summed E-state index contributed by atoms with van der Waals surface area (Å²) in [7, 11) is 1.93. The van der Waals surface area contributed by atoms with Crippen molar-refractivity contribution in [3.8, 4) is 17.2 Å². The molecule has 0 aliphatic carbocycles. The molecule has 3 aromatic rings. The lowest BCUT2D eigenvalue weighted by Gasteiger charge is -2.21. The summed E-state index contributed by atoms with van der Waals surface area (Å²) in [5.74, 6) is 2.28. The molecule has 1 aromatic heterocycles. The van der Waals surface area contributed by atoms with Gasteiger partial charge in [0.25, 0.3) is 0 Å². The van der Waals surface area contributed by atoms with Crippen LogP contribution in [0.3, 0.4) is 0 Å². The van der Waals surface area contributed by atoms with Crippen molar-refractivity contribution in [1.29, 1.82) is 0 Å². The van der Waals surface area contributed by atoms with E-state index in [1.807, 2.05) is 47.0 Å². The maximum atomic E-state index is 12.9. The van der Waals surface area contributed by atoms with Crippen LogP contribution in [0, 0.1) is 0 Å². The zero-order valence-electron chi connectivity index (χ0n) is 17.8. The Morgan fingerprint density at radius 3 is 2.75 bits per heavy atom. The summed E-state index contributed by atoms with van der Waals surface area (Å²) in [4.78, 5) is 19.3. The number of carbonyl (C=O) groups is 1. The topological polar surface area (TPSA) is 77.8 Å². The van der Waals surface area contributed by atoms with Crippen LogP contribution in [0.1, 0.15) is 5.82 Å². The lowest BCUT2D eigenvalue weighted by atomic mass is 10.2. The average molecular weight is 457 g/mol. The molecule has 0 atom stereocenters. The molecule has 0 bridgehead atoms. The fourth-order valence-corrected chi connectivity index (χ4v) is 3.50. The van der Waals surface area contributed by atoms with Crippen LogP contribution < -0.4 is 14.8 Å². The Hall–Kier alpha value is -3.07. The third kappa shape index (κ3) is 5.79. The van der Waals surface area contributed by atoms with Crippen molar-refractivity contribution >= 4 is 23.2 Å². The van der Waals surface area contributed by atoms with Crippen molar-refractivity contribution in [3.05, 3.63) is 65.7 Å². The van der Waals surface area contributed by atoms with Gasteiger partial charge in [-0.05, 0) is 30.3 Å². The second-order valence-electron chi connectivity index (χ2n) is 7.36. The molecule has 1 aliphatic heterocycles. The summed E-state index contributed by atoms with van der Waals surface area (Å²) >= 11 is 6.19. The predicted molar refractivity (Wildman–Crippen MR) is 121 cm³/mol. The van der Waals surface area contributed by atoms with Crippen LogP contribution in [0.4, 0.5) is 5.69 Å². The van der Waals surface area contributed by atoms with Crippen LogP contribution in [0.5, 0.6) is 17.2 Å². The zero-order valence-corrected chi connectivity index (χ0v) is 18.5. The molecule has 0 radical (unpaired) electrons. The summed E-state index contributed by atoms with van der Waals surface area (Å²) < 4.78 is 19.6. The molecule has 2 heterocycles. The molecule has 0 saturated heterocycles. The number of aryl methyl sites for hydroxylation is 1. The molecule has 9 heteroatoms. The van der Waals surface area contributed by atoms with E-state index in [-0.39, 0.29) is 12.5 Å². The third-order valence-corrected chi connectivity index (χ3v) is 5.21. The fraction of sp³-hybridized carbons (Fsp3) is 0.304. The summed E-state index contributed by atoms with van der Waals surface area (Å²) in [6.45, 7) is 2.50. The number of nitrogens with one attached hydrogen (secondary N) is 1. The first-order valence-corrected chi connectivity index (χ1v) is 10.7. The van der Waals surface area contributed by atoms with Gasteiger partial charge in [-0.25, -0.2) is 4.98 Å². The number of carbonyl (C=O) groups excluding carboxylic acids is 1. The molecule has 0 unspecified atom stereocenters. The van der Waals surface area contributed by atoms with Crippen LogP contribution >= 0.6 is 11.6 Å². The molecule has 8 nitrogen and oxygen atoms in total. The molecule has 168 valence electrons. The van der Waals surface area contributed by atoms with E-state index in [4.69, 9.17) is 25.8 Å². The summed E-state index contributed by atoms with van der Waals surface area (Å²) in [5, 5.41) is 3.42. The number of hydrogen-bond acceptors (Lipinski definition) is 6. The lowest BCUT2D eigenvalue weighted by Crippen LogP contribution is -2.36. The third-order valence-electron chi connectivity index (χ3n) is 4.98. The number of aromatic nitrogens is 2. The van der Waals surface area contributed by atoms with Crippen LogP contribution in [0.25, 0.3) is 0 Å². The van der Waals surface area contributed by atoms with Gasteiger partial charge < -0.3 is 24.1 Å². The lowest BCUT2D eigenvalue weighted by molar-refractivity contribution is -0.117. The first-order chi connectivity index (χ1) is 15.6. The summed E-state index contributed by atoms with van der Waals surface area (Å²) in [6, 6.07) is 12.5. The van der Waals surface area contributed by atoms with Crippen LogP contribution in [-0.2, 0) is 23.1 Å². The molecule has 0 fully saturated rings. The van der Waals surface area contributed by atoms with E-state index in [1.54, 1.807) is 24.4 Å². The molecule has 1 aliphatic rings. The van der Waals surface area contributed by atoms with Gasteiger partial charge in [-0.1, -0.05) is 23.7 Å². The SMILES string of the molecule is Cn1ccnc1CN1CCOCCOc2ccccc2Oc2ccc(Cl)cc2NC(=O)C1. The van der Waals surface area contributed by atoms with Gasteiger partial charge in [0.2, 0.25) is 5.91 Å². The minimum absolute atomic E-state index is 0.162. The Morgan fingerprint density at radius 2 is 1.94 bits per heavy atom. The van der Waals surface area contributed by atoms with E-state index >= 15 is 0 Å². The molecule has 1 amide bonds. The Labute approximate surface area is 191 Å². The molecule has 1 N–H and O–H groups in total. The van der Waals surface area contributed by atoms with Crippen molar-refractivity contribution < 1.29 is 19.0 Å². The van der Waals surface area contributed by atoms with Gasteiger partial charge in [0.05, 0.1) is 32.0 Å². The van der Waals surface area contributed by atoms with Crippen molar-refractivity contribution in [2.75, 3.05) is 38.2 Å². The number of ether oxygens (including phenoxy) is 3. The van der Waals surface area contributed by atoms with Gasteiger partial charge in [0.1, 0.15) is 12.4 Å². The quantitative estimate of drug-likeness (QED) is 0.633. The maximum absolute atomic E-state index is 12.9. The minimum atomic E-state index is -0.189. The molecule has 0 saturated carbocycles. The van der Waals surface area contributed by atoms with Gasteiger partial charge in [0, 0.05) is 31.0 Å². The van der Waals surface area contributed by atoms with Crippen molar-refractivity contribution in [2.45, 2.75) is 6.54 Å². The van der Waals surface area contributed by atoms with Gasteiger partial charge >= 0.3 is 0 Å². The average Bonchev–Trinajstić information content (AvgIpc) is 3.17. The molecular formula is C23H25ClN4O4. The highest BCUT2D eigenvalue weighted by atomic mass is 35.5. The van der Waals surface area contributed by atoms with Crippen molar-refractivity contribution in [1.82, 2.24) is 14.5 Å². The fourth-order valence-electron chi connectivity index (χ4n) is 3.32. The summed E-state index contributed by atoms with van der Waals surface area (Å²) in [5.41, 5.74) is 0.486. The van der Waals surface area contributed by atoms with Crippen LogP contribution in [-0.4, -0.2) is 53.3 Å². The Morgan fingerprint density at radius 1 is 1.09 bits per heavy atom. The van der Waals surface area contributed by atoms with E-state index in [2.05, 4.69) is 10.3 Å². The molecule has 0 spiro atoms. The Bertz CT molecular complexity index is 1070. The number of amides is 1. The van der Waals surface area contributed by atoms with Crippen LogP contribution in [0.15, 0.2) is 54.9 Å². The summed E-state index contributed by atoms with van der Waals surface area (Å²) in [6.07, 6.45) is 3.62. The predicted octanol–water partition coefficient (Wildman–Crippen LogP) is 3.72. The van der Waals surface area contributed by atoms with E-state index in [9.17, 15) is 4.79 Å².